The van der Waals surface area contributed by atoms with Gasteiger partial charge >= 0.3 is 0 Å². The fraction of sp³-hybridized carbons (Fsp3) is 0.125. The highest BCUT2D eigenvalue weighted by atomic mass is 32.2. The van der Waals surface area contributed by atoms with E-state index in [2.05, 4.69) is 10.3 Å². The Hall–Kier alpha value is -3.58. The maximum absolute atomic E-state index is 12.5. The number of fused-ring (bicyclic) bond motifs is 1. The van der Waals surface area contributed by atoms with E-state index in [1.807, 2.05) is 43.3 Å². The number of nitrogens with zero attached hydrogens (tertiary/aromatic N) is 2. The van der Waals surface area contributed by atoms with E-state index in [4.69, 9.17) is 4.74 Å². The molecule has 0 atom stereocenters. The van der Waals surface area contributed by atoms with Crippen LogP contribution >= 0.6 is 11.8 Å². The molecule has 0 spiro atoms. The second kappa shape index (κ2) is 9.06. The van der Waals surface area contributed by atoms with Crippen molar-refractivity contribution in [1.82, 2.24) is 9.55 Å². The van der Waals surface area contributed by atoms with Crippen molar-refractivity contribution in [3.63, 3.8) is 0 Å². The quantitative estimate of drug-likeness (QED) is 0.352. The topological polar surface area (TPSA) is 73.2 Å². The number of aryl methyl sites for hydroxylation is 1. The van der Waals surface area contributed by atoms with Gasteiger partial charge in [0.25, 0.3) is 5.56 Å². The minimum atomic E-state index is -0.181. The average molecular weight is 432 g/mol. The molecule has 1 heterocycles. The van der Waals surface area contributed by atoms with E-state index in [9.17, 15) is 9.59 Å². The van der Waals surface area contributed by atoms with Gasteiger partial charge < -0.3 is 10.1 Å². The average Bonchev–Trinajstić information content (AvgIpc) is 2.78. The summed E-state index contributed by atoms with van der Waals surface area (Å²) in [7, 11) is 1.66. The lowest BCUT2D eigenvalue weighted by molar-refractivity contribution is -0.113. The summed E-state index contributed by atoms with van der Waals surface area (Å²) in [6.07, 6.45) is 0. The molecule has 3 aromatic carbocycles. The molecule has 7 heteroatoms. The van der Waals surface area contributed by atoms with Gasteiger partial charge in [-0.05, 0) is 55.5 Å². The van der Waals surface area contributed by atoms with Crippen molar-refractivity contribution < 1.29 is 9.53 Å². The normalized spacial score (nSPS) is 10.8. The SMILES string of the molecule is Cc1ccc(Oc2ccc(NC(=O)CSc3nc4ccccc4c(=O)n3C)cc2)cc1. The molecule has 4 aromatic rings. The number of anilines is 1. The van der Waals surface area contributed by atoms with E-state index in [0.717, 1.165) is 5.75 Å². The molecule has 1 amide bonds. The van der Waals surface area contributed by atoms with Crippen LogP contribution in [-0.4, -0.2) is 21.2 Å². The summed E-state index contributed by atoms with van der Waals surface area (Å²) in [5, 5.41) is 3.91. The second-order valence-corrected chi connectivity index (χ2v) is 7.99. The number of rotatable bonds is 6. The summed E-state index contributed by atoms with van der Waals surface area (Å²) >= 11 is 1.22. The molecule has 0 saturated heterocycles. The van der Waals surface area contributed by atoms with Crippen LogP contribution in [0.15, 0.2) is 82.7 Å². The summed E-state index contributed by atoms with van der Waals surface area (Å²) in [5.74, 6) is 1.40. The number of amides is 1. The van der Waals surface area contributed by atoms with Crippen molar-refractivity contribution in [3.8, 4) is 11.5 Å². The Morgan fingerprint density at radius 1 is 1.00 bits per heavy atom. The molecule has 0 unspecified atom stereocenters. The number of para-hydroxylation sites is 1. The van der Waals surface area contributed by atoms with Crippen molar-refractivity contribution in [2.24, 2.45) is 7.05 Å². The van der Waals surface area contributed by atoms with Crippen LogP contribution in [-0.2, 0) is 11.8 Å². The highest BCUT2D eigenvalue weighted by Gasteiger charge is 2.11. The second-order valence-electron chi connectivity index (χ2n) is 7.05. The molecule has 0 aliphatic carbocycles. The Bertz CT molecular complexity index is 1280. The third kappa shape index (κ3) is 4.95. The summed E-state index contributed by atoms with van der Waals surface area (Å²) in [6.45, 7) is 2.02. The fourth-order valence-electron chi connectivity index (χ4n) is 3.00. The van der Waals surface area contributed by atoms with Gasteiger partial charge in [-0.1, -0.05) is 41.6 Å². The Morgan fingerprint density at radius 3 is 2.35 bits per heavy atom. The van der Waals surface area contributed by atoms with Gasteiger partial charge in [0.15, 0.2) is 5.16 Å². The minimum Gasteiger partial charge on any atom is -0.457 e. The van der Waals surface area contributed by atoms with Crippen LogP contribution in [0.4, 0.5) is 5.69 Å². The lowest BCUT2D eigenvalue weighted by Gasteiger charge is -2.10. The van der Waals surface area contributed by atoms with E-state index < -0.39 is 0 Å². The molecule has 6 nitrogen and oxygen atoms in total. The third-order valence-corrected chi connectivity index (χ3v) is 5.70. The smallest absolute Gasteiger partial charge is 0.261 e. The molecule has 1 aromatic heterocycles. The maximum atomic E-state index is 12.5. The largest absolute Gasteiger partial charge is 0.457 e. The zero-order valence-corrected chi connectivity index (χ0v) is 18.0. The number of carbonyl (C=O) groups is 1. The molecule has 0 radical (unpaired) electrons. The summed E-state index contributed by atoms with van der Waals surface area (Å²) in [6, 6.07) is 22.2. The van der Waals surface area contributed by atoms with Crippen molar-refractivity contribution >= 4 is 34.3 Å². The Kier molecular flexibility index (Phi) is 6.04. The van der Waals surface area contributed by atoms with Crippen molar-refractivity contribution in [1.29, 1.82) is 0 Å². The lowest BCUT2D eigenvalue weighted by Crippen LogP contribution is -2.21. The number of aromatic nitrogens is 2. The van der Waals surface area contributed by atoms with E-state index in [0.29, 0.717) is 27.5 Å². The number of carbonyl (C=O) groups excluding carboxylic acids is 1. The Morgan fingerprint density at radius 2 is 1.65 bits per heavy atom. The van der Waals surface area contributed by atoms with Crippen molar-refractivity contribution in [2.45, 2.75) is 12.1 Å². The summed E-state index contributed by atoms with van der Waals surface area (Å²) in [5.41, 5.74) is 2.33. The lowest BCUT2D eigenvalue weighted by atomic mass is 10.2. The van der Waals surface area contributed by atoms with Crippen LogP contribution < -0.4 is 15.6 Å². The monoisotopic (exact) mass is 431 g/mol. The van der Waals surface area contributed by atoms with Gasteiger partial charge in [0.2, 0.25) is 5.91 Å². The molecule has 0 aliphatic rings. The first-order valence-corrected chi connectivity index (χ1v) is 10.7. The van der Waals surface area contributed by atoms with Gasteiger partial charge in [-0.2, -0.15) is 0 Å². The van der Waals surface area contributed by atoms with Crippen LogP contribution in [0, 0.1) is 6.92 Å². The van der Waals surface area contributed by atoms with Gasteiger partial charge in [-0.15, -0.1) is 0 Å². The first kappa shape index (κ1) is 20.7. The maximum Gasteiger partial charge on any atom is 0.261 e. The molecule has 0 aliphatic heterocycles. The minimum absolute atomic E-state index is 0.127. The molecule has 1 N–H and O–H groups in total. The zero-order valence-electron chi connectivity index (χ0n) is 17.2. The van der Waals surface area contributed by atoms with E-state index in [1.165, 1.54) is 21.9 Å². The fourth-order valence-corrected chi connectivity index (χ4v) is 3.77. The Balaban J connectivity index is 1.37. The van der Waals surface area contributed by atoms with Gasteiger partial charge in [0.05, 0.1) is 16.7 Å². The van der Waals surface area contributed by atoms with Crippen molar-refractivity contribution in [2.75, 3.05) is 11.1 Å². The number of thioether (sulfide) groups is 1. The number of hydrogen-bond donors (Lipinski definition) is 1. The third-order valence-electron chi connectivity index (χ3n) is 4.67. The first-order valence-electron chi connectivity index (χ1n) is 9.72. The van der Waals surface area contributed by atoms with E-state index >= 15 is 0 Å². The first-order chi connectivity index (χ1) is 15.0. The summed E-state index contributed by atoms with van der Waals surface area (Å²) in [4.78, 5) is 29.3. The zero-order chi connectivity index (χ0) is 21.8. The molecule has 156 valence electrons. The van der Waals surface area contributed by atoms with Crippen LogP contribution in [0.2, 0.25) is 0 Å². The van der Waals surface area contributed by atoms with Gasteiger partial charge in [0, 0.05) is 12.7 Å². The molecular formula is C24H21N3O3S. The molecular weight excluding hydrogens is 410 g/mol. The van der Waals surface area contributed by atoms with Crippen LogP contribution in [0.1, 0.15) is 5.56 Å². The Labute approximate surface area is 183 Å². The van der Waals surface area contributed by atoms with E-state index in [-0.39, 0.29) is 17.2 Å². The number of nitrogens with one attached hydrogen (secondary N) is 1. The van der Waals surface area contributed by atoms with Gasteiger partial charge in [0.1, 0.15) is 11.5 Å². The number of hydrogen-bond acceptors (Lipinski definition) is 5. The van der Waals surface area contributed by atoms with Gasteiger partial charge in [-0.3, -0.25) is 14.2 Å². The standard InChI is InChI=1S/C24H21N3O3S/c1-16-7-11-18(12-8-16)30-19-13-9-17(10-14-19)25-22(28)15-31-24-26-21-6-4-3-5-20(21)23(29)27(24)2/h3-14H,15H2,1-2H3,(H,25,28). The van der Waals surface area contributed by atoms with Crippen molar-refractivity contribution in [3.05, 3.63) is 88.7 Å². The molecule has 31 heavy (non-hydrogen) atoms. The number of ether oxygens (including phenoxy) is 1. The highest BCUT2D eigenvalue weighted by molar-refractivity contribution is 7.99. The summed E-state index contributed by atoms with van der Waals surface area (Å²) < 4.78 is 7.27. The predicted molar refractivity (Wildman–Crippen MR) is 124 cm³/mol. The van der Waals surface area contributed by atoms with Crippen LogP contribution in [0.3, 0.4) is 0 Å². The predicted octanol–water partition coefficient (Wildman–Crippen LogP) is 4.77. The molecule has 4 rings (SSSR count). The van der Waals surface area contributed by atoms with Crippen LogP contribution in [0.25, 0.3) is 10.9 Å². The molecule has 0 bridgehead atoms. The van der Waals surface area contributed by atoms with Crippen LogP contribution in [0.5, 0.6) is 11.5 Å². The molecule has 0 fully saturated rings. The van der Waals surface area contributed by atoms with Gasteiger partial charge in [-0.25, -0.2) is 4.98 Å². The highest BCUT2D eigenvalue weighted by Crippen LogP contribution is 2.24. The number of benzene rings is 3. The molecule has 0 saturated carbocycles. The van der Waals surface area contributed by atoms with E-state index in [1.54, 1.807) is 43.4 Å².